The highest BCUT2D eigenvalue weighted by molar-refractivity contribution is 7.85. The largest absolute Gasteiger partial charge is 0.295 e. The fraction of sp³-hybridized carbons (Fsp3) is 0.111. The Morgan fingerprint density at radius 2 is 1.92 bits per heavy atom. The first-order chi connectivity index (χ1) is 6.05. The van der Waals surface area contributed by atoms with Crippen molar-refractivity contribution < 1.29 is 13.0 Å². The predicted molar refractivity (Wildman–Crippen MR) is 51.0 cm³/mol. The first kappa shape index (κ1) is 9.95. The van der Waals surface area contributed by atoms with Crippen molar-refractivity contribution in [2.45, 2.75) is 11.8 Å². The standard InChI is InChI=1S/C9H10O3S/c1-2-5-8-6-3-4-7-9(8)13(10,11)12/h2-7H,1H3,(H,10,11,12)/b5-2-. The van der Waals surface area contributed by atoms with Gasteiger partial charge in [-0.2, -0.15) is 8.42 Å². The van der Waals surface area contributed by atoms with Crippen molar-refractivity contribution >= 4 is 16.2 Å². The second-order valence-electron chi connectivity index (χ2n) is 2.51. The van der Waals surface area contributed by atoms with Crippen LogP contribution in [0.25, 0.3) is 6.08 Å². The average molecular weight is 198 g/mol. The third kappa shape index (κ3) is 2.40. The number of rotatable bonds is 2. The summed E-state index contributed by atoms with van der Waals surface area (Å²) in [6.45, 7) is 1.78. The van der Waals surface area contributed by atoms with Gasteiger partial charge >= 0.3 is 0 Å². The molecule has 0 aliphatic carbocycles. The van der Waals surface area contributed by atoms with Crippen molar-refractivity contribution in [2.24, 2.45) is 0 Å². The van der Waals surface area contributed by atoms with Crippen LogP contribution in [0.5, 0.6) is 0 Å². The summed E-state index contributed by atoms with van der Waals surface area (Å²) in [6, 6.07) is 6.27. The zero-order valence-electron chi connectivity index (χ0n) is 7.14. The van der Waals surface area contributed by atoms with E-state index in [9.17, 15) is 8.42 Å². The second-order valence-corrected chi connectivity index (χ2v) is 3.90. The van der Waals surface area contributed by atoms with Gasteiger partial charge in [-0.1, -0.05) is 30.4 Å². The van der Waals surface area contributed by atoms with Crippen LogP contribution in [0.3, 0.4) is 0 Å². The lowest BCUT2D eigenvalue weighted by Crippen LogP contribution is -1.99. The Kier molecular flexibility index (Phi) is 2.85. The molecule has 3 nitrogen and oxygen atoms in total. The molecule has 0 amide bonds. The van der Waals surface area contributed by atoms with Crippen LogP contribution >= 0.6 is 0 Å². The third-order valence-corrected chi connectivity index (χ3v) is 2.47. The first-order valence-corrected chi connectivity index (χ1v) is 5.19. The molecule has 70 valence electrons. The summed E-state index contributed by atoms with van der Waals surface area (Å²) in [6.07, 6.45) is 3.34. The van der Waals surface area contributed by atoms with Crippen LogP contribution in [0.2, 0.25) is 0 Å². The highest BCUT2D eigenvalue weighted by Gasteiger charge is 2.11. The minimum atomic E-state index is -4.11. The fourth-order valence-electron chi connectivity index (χ4n) is 1.03. The number of allylic oxidation sites excluding steroid dienone is 1. The zero-order valence-corrected chi connectivity index (χ0v) is 7.95. The SMILES string of the molecule is C/C=C\c1ccccc1S(=O)(=O)O. The molecule has 0 saturated heterocycles. The average Bonchev–Trinajstić information content (AvgIpc) is 2.04. The van der Waals surface area contributed by atoms with Gasteiger partial charge in [0.1, 0.15) is 4.90 Å². The van der Waals surface area contributed by atoms with Gasteiger partial charge in [0.2, 0.25) is 0 Å². The molecule has 0 aliphatic rings. The third-order valence-electron chi connectivity index (χ3n) is 1.54. The molecule has 0 heterocycles. The normalized spacial score (nSPS) is 12.2. The van der Waals surface area contributed by atoms with Gasteiger partial charge in [0.25, 0.3) is 10.1 Å². The quantitative estimate of drug-likeness (QED) is 0.739. The molecule has 0 saturated carbocycles. The van der Waals surface area contributed by atoms with E-state index >= 15 is 0 Å². The van der Waals surface area contributed by atoms with Gasteiger partial charge in [-0.15, -0.1) is 0 Å². The van der Waals surface area contributed by atoms with Gasteiger partial charge in [-0.05, 0) is 18.6 Å². The maximum atomic E-state index is 10.9. The molecule has 4 heteroatoms. The minimum absolute atomic E-state index is 0.0619. The molecule has 1 N–H and O–H groups in total. The number of benzene rings is 1. The van der Waals surface area contributed by atoms with E-state index in [1.54, 1.807) is 37.3 Å². The number of hydrogen-bond donors (Lipinski definition) is 1. The topological polar surface area (TPSA) is 54.4 Å². The maximum Gasteiger partial charge on any atom is 0.295 e. The Hall–Kier alpha value is -1.13. The summed E-state index contributed by atoms with van der Waals surface area (Å²) in [5, 5.41) is 0. The first-order valence-electron chi connectivity index (χ1n) is 3.75. The van der Waals surface area contributed by atoms with E-state index in [1.165, 1.54) is 6.07 Å². The minimum Gasteiger partial charge on any atom is -0.282 e. The molecular weight excluding hydrogens is 188 g/mol. The van der Waals surface area contributed by atoms with Crippen LogP contribution in [0.15, 0.2) is 35.2 Å². The van der Waals surface area contributed by atoms with Gasteiger partial charge in [-0.25, -0.2) is 0 Å². The van der Waals surface area contributed by atoms with Crippen molar-refractivity contribution in [3.63, 3.8) is 0 Å². The van der Waals surface area contributed by atoms with Gasteiger partial charge in [0, 0.05) is 0 Å². The Balaban J connectivity index is 3.37. The maximum absolute atomic E-state index is 10.9. The summed E-state index contributed by atoms with van der Waals surface area (Å²) in [7, 11) is -4.11. The van der Waals surface area contributed by atoms with E-state index in [1.807, 2.05) is 0 Å². The van der Waals surface area contributed by atoms with Crippen LogP contribution in [0.4, 0.5) is 0 Å². The van der Waals surface area contributed by atoms with Gasteiger partial charge in [0.15, 0.2) is 0 Å². The van der Waals surface area contributed by atoms with Crippen molar-refractivity contribution in [3.05, 3.63) is 35.9 Å². The Bertz CT molecular complexity index is 418. The summed E-state index contributed by atoms with van der Waals surface area (Å²) < 4.78 is 30.5. The molecule has 1 aromatic rings. The molecule has 1 rings (SSSR count). The van der Waals surface area contributed by atoms with Crippen LogP contribution in [-0.2, 0) is 10.1 Å². The lowest BCUT2D eigenvalue weighted by molar-refractivity contribution is 0.483. The van der Waals surface area contributed by atoms with Crippen LogP contribution in [-0.4, -0.2) is 13.0 Å². The molecule has 13 heavy (non-hydrogen) atoms. The summed E-state index contributed by atoms with van der Waals surface area (Å²) in [4.78, 5) is -0.0619. The lowest BCUT2D eigenvalue weighted by atomic mass is 10.2. The molecule has 1 aromatic carbocycles. The molecule has 0 aromatic heterocycles. The van der Waals surface area contributed by atoms with Crippen molar-refractivity contribution in [2.75, 3.05) is 0 Å². The zero-order chi connectivity index (χ0) is 9.90. The van der Waals surface area contributed by atoms with Gasteiger partial charge < -0.3 is 0 Å². The van der Waals surface area contributed by atoms with Crippen LogP contribution < -0.4 is 0 Å². The molecule has 0 unspecified atom stereocenters. The molecule has 0 radical (unpaired) electrons. The van der Waals surface area contributed by atoms with Gasteiger partial charge in [-0.3, -0.25) is 4.55 Å². The molecule has 0 aliphatic heterocycles. The van der Waals surface area contributed by atoms with Crippen molar-refractivity contribution in [1.82, 2.24) is 0 Å². The highest BCUT2D eigenvalue weighted by Crippen LogP contribution is 2.15. The smallest absolute Gasteiger partial charge is 0.282 e. The number of hydrogen-bond acceptors (Lipinski definition) is 2. The van der Waals surface area contributed by atoms with E-state index in [4.69, 9.17) is 4.55 Å². The van der Waals surface area contributed by atoms with E-state index in [-0.39, 0.29) is 4.90 Å². The summed E-state index contributed by atoms with van der Waals surface area (Å²) >= 11 is 0. The predicted octanol–water partition coefficient (Wildman–Crippen LogP) is 1.97. The molecule has 0 bridgehead atoms. The Labute approximate surface area is 77.5 Å². The van der Waals surface area contributed by atoms with Crippen molar-refractivity contribution in [3.8, 4) is 0 Å². The molecule has 0 fully saturated rings. The molecular formula is C9H10O3S. The second kappa shape index (κ2) is 3.72. The molecule has 0 spiro atoms. The summed E-state index contributed by atoms with van der Waals surface area (Å²) in [5.41, 5.74) is 0.493. The van der Waals surface area contributed by atoms with Crippen LogP contribution in [0, 0.1) is 0 Å². The summed E-state index contributed by atoms with van der Waals surface area (Å²) in [5.74, 6) is 0. The lowest BCUT2D eigenvalue weighted by Gasteiger charge is -2.00. The highest BCUT2D eigenvalue weighted by atomic mass is 32.2. The molecule has 0 atom stereocenters. The van der Waals surface area contributed by atoms with Crippen molar-refractivity contribution in [1.29, 1.82) is 0 Å². The fourth-order valence-corrected chi connectivity index (χ4v) is 1.72. The van der Waals surface area contributed by atoms with E-state index in [2.05, 4.69) is 0 Å². The van der Waals surface area contributed by atoms with Crippen LogP contribution in [0.1, 0.15) is 12.5 Å². The van der Waals surface area contributed by atoms with Gasteiger partial charge in [0.05, 0.1) is 0 Å². The monoisotopic (exact) mass is 198 g/mol. The van der Waals surface area contributed by atoms with E-state index in [0.29, 0.717) is 5.56 Å². The van der Waals surface area contributed by atoms with E-state index in [0.717, 1.165) is 0 Å². The Morgan fingerprint density at radius 3 is 2.46 bits per heavy atom. The van der Waals surface area contributed by atoms with E-state index < -0.39 is 10.1 Å². The Morgan fingerprint density at radius 1 is 1.31 bits per heavy atom.